The number of nitrogens with zero attached hydrogens (tertiary/aromatic N) is 2. The van der Waals surface area contributed by atoms with Crippen molar-refractivity contribution in [3.63, 3.8) is 0 Å². The van der Waals surface area contributed by atoms with Crippen LogP contribution in [-0.4, -0.2) is 34.6 Å². The van der Waals surface area contributed by atoms with E-state index in [1.807, 2.05) is 11.9 Å². The van der Waals surface area contributed by atoms with Crippen molar-refractivity contribution in [1.29, 1.82) is 0 Å². The fraction of sp³-hybridized carbons (Fsp3) is 0.500. The summed E-state index contributed by atoms with van der Waals surface area (Å²) in [6.45, 7) is 2.96. The fourth-order valence-corrected chi connectivity index (χ4v) is 1.75. The zero-order valence-electron chi connectivity index (χ0n) is 10.5. The van der Waals surface area contributed by atoms with E-state index in [-0.39, 0.29) is 11.8 Å². The van der Waals surface area contributed by atoms with Gasteiger partial charge in [0.15, 0.2) is 0 Å². The smallest absolute Gasteiger partial charge is 0.269 e. The summed E-state index contributed by atoms with van der Waals surface area (Å²) in [5.74, 6) is 0. The molecule has 0 amide bonds. The van der Waals surface area contributed by atoms with E-state index in [2.05, 4.69) is 0 Å². The molecule has 6 heteroatoms. The summed E-state index contributed by atoms with van der Waals surface area (Å²) in [5.41, 5.74) is 0.761. The summed E-state index contributed by atoms with van der Waals surface area (Å²) in [6.07, 6.45) is 0.302. The molecule has 0 aliphatic carbocycles. The molecule has 0 fully saturated rings. The van der Waals surface area contributed by atoms with Crippen molar-refractivity contribution in [2.45, 2.75) is 26.0 Å². The minimum Gasteiger partial charge on any atom is -0.393 e. The van der Waals surface area contributed by atoms with Crippen molar-refractivity contribution in [2.75, 3.05) is 13.6 Å². The molecule has 1 N–H and O–H groups in total. The van der Waals surface area contributed by atoms with Gasteiger partial charge in [0, 0.05) is 30.2 Å². The first kappa shape index (κ1) is 14.9. The third-order valence-electron chi connectivity index (χ3n) is 2.61. The summed E-state index contributed by atoms with van der Waals surface area (Å²) in [4.78, 5) is 12.2. The van der Waals surface area contributed by atoms with Gasteiger partial charge in [-0.3, -0.25) is 10.1 Å². The number of hydrogen-bond acceptors (Lipinski definition) is 4. The van der Waals surface area contributed by atoms with Crippen LogP contribution in [0.5, 0.6) is 0 Å². The Balaban J connectivity index is 2.71. The first-order valence-electron chi connectivity index (χ1n) is 5.69. The predicted molar refractivity (Wildman–Crippen MR) is 70.7 cm³/mol. The number of nitro benzene ring substituents is 1. The van der Waals surface area contributed by atoms with Gasteiger partial charge in [-0.2, -0.15) is 0 Å². The molecular weight excluding hydrogens is 256 g/mol. The molecule has 0 saturated heterocycles. The minimum absolute atomic E-state index is 0.0401. The van der Waals surface area contributed by atoms with Crippen LogP contribution in [0.15, 0.2) is 18.2 Å². The number of non-ortho nitro benzene ring substituents is 1. The van der Waals surface area contributed by atoms with Gasteiger partial charge in [-0.1, -0.05) is 11.6 Å². The third kappa shape index (κ3) is 4.60. The van der Waals surface area contributed by atoms with Crippen molar-refractivity contribution >= 4 is 17.3 Å². The SMILES string of the molecule is CC(O)CCN(C)Cc1cc([N+](=O)[O-])ccc1Cl. The van der Waals surface area contributed by atoms with Crippen molar-refractivity contribution in [3.8, 4) is 0 Å². The van der Waals surface area contributed by atoms with Gasteiger partial charge in [0.1, 0.15) is 0 Å². The lowest BCUT2D eigenvalue weighted by atomic mass is 10.2. The largest absolute Gasteiger partial charge is 0.393 e. The number of aliphatic hydroxyl groups excluding tert-OH is 1. The Hall–Kier alpha value is -1.17. The van der Waals surface area contributed by atoms with Crippen LogP contribution in [0, 0.1) is 10.1 Å². The van der Waals surface area contributed by atoms with E-state index in [1.54, 1.807) is 6.92 Å². The van der Waals surface area contributed by atoms with Crippen LogP contribution in [0.1, 0.15) is 18.9 Å². The lowest BCUT2D eigenvalue weighted by Gasteiger charge is -2.18. The second-order valence-electron chi connectivity index (χ2n) is 4.41. The van der Waals surface area contributed by atoms with Crippen molar-refractivity contribution in [2.24, 2.45) is 0 Å². The molecule has 5 nitrogen and oxygen atoms in total. The van der Waals surface area contributed by atoms with Crippen LogP contribution in [-0.2, 0) is 6.54 Å². The van der Waals surface area contributed by atoms with E-state index in [9.17, 15) is 15.2 Å². The zero-order chi connectivity index (χ0) is 13.7. The van der Waals surface area contributed by atoms with Crippen LogP contribution in [0.3, 0.4) is 0 Å². The van der Waals surface area contributed by atoms with Gasteiger partial charge in [0.25, 0.3) is 5.69 Å². The van der Waals surface area contributed by atoms with Gasteiger partial charge in [0.2, 0.25) is 0 Å². The highest BCUT2D eigenvalue weighted by Gasteiger charge is 2.11. The van der Waals surface area contributed by atoms with Gasteiger partial charge in [-0.05, 0) is 32.0 Å². The molecule has 100 valence electrons. The second kappa shape index (κ2) is 6.68. The fourth-order valence-electron chi connectivity index (χ4n) is 1.57. The zero-order valence-corrected chi connectivity index (χ0v) is 11.2. The Labute approximate surface area is 111 Å². The number of halogens is 1. The predicted octanol–water partition coefficient (Wildman–Crippen LogP) is 2.45. The monoisotopic (exact) mass is 272 g/mol. The van der Waals surface area contributed by atoms with E-state index in [0.29, 0.717) is 24.5 Å². The van der Waals surface area contributed by atoms with E-state index >= 15 is 0 Å². The number of hydrogen-bond donors (Lipinski definition) is 1. The van der Waals surface area contributed by atoms with Crippen LogP contribution in [0.2, 0.25) is 5.02 Å². The van der Waals surface area contributed by atoms with E-state index in [1.165, 1.54) is 18.2 Å². The highest BCUT2D eigenvalue weighted by molar-refractivity contribution is 6.31. The van der Waals surface area contributed by atoms with Crippen LogP contribution >= 0.6 is 11.6 Å². The Morgan fingerprint density at radius 2 is 2.22 bits per heavy atom. The molecule has 0 aliphatic heterocycles. The molecule has 1 aromatic rings. The molecule has 0 spiro atoms. The van der Waals surface area contributed by atoms with E-state index < -0.39 is 4.92 Å². The summed E-state index contributed by atoms with van der Waals surface area (Å²) in [5, 5.41) is 20.4. The molecule has 0 bridgehead atoms. The maximum atomic E-state index is 10.7. The highest BCUT2D eigenvalue weighted by atomic mass is 35.5. The number of benzene rings is 1. The molecule has 1 unspecified atom stereocenters. The van der Waals surface area contributed by atoms with Crippen LogP contribution in [0.25, 0.3) is 0 Å². The van der Waals surface area contributed by atoms with Gasteiger partial charge in [0.05, 0.1) is 11.0 Å². The minimum atomic E-state index is -0.435. The average molecular weight is 273 g/mol. The maximum absolute atomic E-state index is 10.7. The van der Waals surface area contributed by atoms with Gasteiger partial charge in [-0.25, -0.2) is 0 Å². The Bertz CT molecular complexity index is 424. The molecule has 1 atom stereocenters. The molecule has 0 heterocycles. The average Bonchev–Trinajstić information content (AvgIpc) is 2.29. The lowest BCUT2D eigenvalue weighted by molar-refractivity contribution is -0.384. The molecule has 1 rings (SSSR count). The van der Waals surface area contributed by atoms with E-state index in [0.717, 1.165) is 5.56 Å². The normalized spacial score (nSPS) is 12.7. The Kier molecular flexibility index (Phi) is 5.53. The topological polar surface area (TPSA) is 66.6 Å². The standard InChI is InChI=1S/C12H17ClN2O3/c1-9(16)5-6-14(2)8-10-7-11(15(17)18)3-4-12(10)13/h3-4,7,9,16H,5-6,8H2,1-2H3. The molecule has 18 heavy (non-hydrogen) atoms. The summed E-state index contributed by atoms with van der Waals surface area (Å²) in [6, 6.07) is 4.42. The van der Waals surface area contributed by atoms with Crippen LogP contribution < -0.4 is 0 Å². The molecule has 1 aromatic carbocycles. The van der Waals surface area contributed by atoms with Gasteiger partial charge in [-0.15, -0.1) is 0 Å². The molecule has 0 saturated carbocycles. The molecule has 0 aromatic heterocycles. The molecule has 0 aliphatic rings. The lowest BCUT2D eigenvalue weighted by Crippen LogP contribution is -2.22. The highest BCUT2D eigenvalue weighted by Crippen LogP contribution is 2.23. The maximum Gasteiger partial charge on any atom is 0.269 e. The van der Waals surface area contributed by atoms with Gasteiger partial charge >= 0.3 is 0 Å². The summed E-state index contributed by atoms with van der Waals surface area (Å²) in [7, 11) is 1.89. The summed E-state index contributed by atoms with van der Waals surface area (Å²) >= 11 is 6.01. The first-order chi connectivity index (χ1) is 8.40. The number of rotatable bonds is 6. The van der Waals surface area contributed by atoms with Crippen molar-refractivity contribution in [1.82, 2.24) is 4.90 Å². The van der Waals surface area contributed by atoms with Crippen molar-refractivity contribution in [3.05, 3.63) is 38.9 Å². The second-order valence-corrected chi connectivity index (χ2v) is 4.82. The van der Waals surface area contributed by atoms with Crippen molar-refractivity contribution < 1.29 is 10.0 Å². The Morgan fingerprint density at radius 3 is 2.78 bits per heavy atom. The number of nitro groups is 1. The summed E-state index contributed by atoms with van der Waals surface area (Å²) < 4.78 is 0. The van der Waals surface area contributed by atoms with Gasteiger partial charge < -0.3 is 10.0 Å². The third-order valence-corrected chi connectivity index (χ3v) is 2.98. The first-order valence-corrected chi connectivity index (χ1v) is 6.07. The quantitative estimate of drug-likeness (QED) is 0.638. The molecule has 0 radical (unpaired) electrons. The van der Waals surface area contributed by atoms with Crippen LogP contribution in [0.4, 0.5) is 5.69 Å². The van der Waals surface area contributed by atoms with E-state index in [4.69, 9.17) is 11.6 Å². The Morgan fingerprint density at radius 1 is 1.56 bits per heavy atom. The number of aliphatic hydroxyl groups is 1. The molecular formula is C12H17ClN2O3.